The number of alkyl halides is 1. The molecule has 0 fully saturated rings. The lowest BCUT2D eigenvalue weighted by Gasteiger charge is -2.15. The van der Waals surface area contributed by atoms with Crippen LogP contribution in [0.25, 0.3) is 0 Å². The summed E-state index contributed by atoms with van der Waals surface area (Å²) in [6.45, 7) is 5.35. The first kappa shape index (κ1) is 6.93. The predicted molar refractivity (Wildman–Crippen MR) is 29.7 cm³/mol. The van der Waals surface area contributed by atoms with Crippen molar-refractivity contribution in [2.45, 2.75) is 20.8 Å². The molecule has 0 saturated heterocycles. The molecule has 0 nitrogen and oxygen atoms in total. The van der Waals surface area contributed by atoms with Gasteiger partial charge in [0.05, 0.1) is 6.67 Å². The lowest BCUT2D eigenvalue weighted by Crippen LogP contribution is -2.11. The molecule has 0 atom stereocenters. The van der Waals surface area contributed by atoms with Crippen LogP contribution >= 0.6 is 0 Å². The Balaban J connectivity index is 3.36. The Hall–Kier alpha value is -0.0700. The van der Waals surface area contributed by atoms with Crippen molar-refractivity contribution in [3.05, 3.63) is 6.42 Å². The summed E-state index contributed by atoms with van der Waals surface area (Å²) >= 11 is 0. The van der Waals surface area contributed by atoms with E-state index in [4.69, 9.17) is 0 Å². The van der Waals surface area contributed by atoms with Gasteiger partial charge in [0.25, 0.3) is 0 Å². The van der Waals surface area contributed by atoms with Crippen molar-refractivity contribution in [3.8, 4) is 0 Å². The van der Waals surface area contributed by atoms with Crippen LogP contribution in [-0.4, -0.2) is 6.67 Å². The molecule has 0 rings (SSSR count). The number of rotatable bonds is 2. The summed E-state index contributed by atoms with van der Waals surface area (Å²) in [7, 11) is 0. The maximum atomic E-state index is 11.7. The molecule has 0 aromatic heterocycles. The molecule has 0 aliphatic carbocycles. The molecular formula is C6H12F. The molecule has 0 N–H and O–H groups in total. The van der Waals surface area contributed by atoms with Gasteiger partial charge in [-0.05, 0) is 11.8 Å². The summed E-state index contributed by atoms with van der Waals surface area (Å²) in [6.07, 6.45) is 1.87. The summed E-state index contributed by atoms with van der Waals surface area (Å²) in [6, 6.07) is 0. The largest absolute Gasteiger partial charge is 0.251 e. The minimum atomic E-state index is -0.260. The van der Waals surface area contributed by atoms with Crippen LogP contribution in [0.5, 0.6) is 0 Å². The summed E-state index contributed by atoms with van der Waals surface area (Å²) < 4.78 is 11.7. The average molecular weight is 103 g/mol. The van der Waals surface area contributed by atoms with Gasteiger partial charge in [-0.2, -0.15) is 0 Å². The second-order valence-corrected chi connectivity index (χ2v) is 2.41. The fourth-order valence-corrected chi connectivity index (χ4v) is 0.0772. The van der Waals surface area contributed by atoms with Gasteiger partial charge >= 0.3 is 0 Å². The summed E-state index contributed by atoms with van der Waals surface area (Å²) in [5, 5.41) is 0. The summed E-state index contributed by atoms with van der Waals surface area (Å²) in [5.74, 6) is 0. The van der Waals surface area contributed by atoms with Gasteiger partial charge in [0.1, 0.15) is 0 Å². The molecule has 0 spiro atoms. The van der Waals surface area contributed by atoms with E-state index in [1.54, 1.807) is 0 Å². The Morgan fingerprint density at radius 1 is 1.57 bits per heavy atom. The second kappa shape index (κ2) is 2.29. The van der Waals surface area contributed by atoms with Gasteiger partial charge in [-0.25, -0.2) is 0 Å². The van der Waals surface area contributed by atoms with Crippen LogP contribution in [0.4, 0.5) is 4.39 Å². The van der Waals surface area contributed by atoms with Crippen molar-refractivity contribution in [3.63, 3.8) is 0 Å². The Morgan fingerprint density at radius 3 is 2.00 bits per heavy atom. The van der Waals surface area contributed by atoms with Crippen LogP contribution in [0.1, 0.15) is 20.8 Å². The number of halogens is 1. The smallest absolute Gasteiger partial charge is 0.0947 e. The summed E-state index contributed by atoms with van der Waals surface area (Å²) in [5.41, 5.74) is -0.208. The van der Waals surface area contributed by atoms with Gasteiger partial charge in [-0.1, -0.05) is 20.8 Å². The van der Waals surface area contributed by atoms with E-state index in [1.807, 2.05) is 27.2 Å². The van der Waals surface area contributed by atoms with Crippen molar-refractivity contribution >= 4 is 0 Å². The van der Waals surface area contributed by atoms with Gasteiger partial charge in [-0.3, -0.25) is 4.39 Å². The van der Waals surface area contributed by atoms with E-state index in [0.717, 1.165) is 0 Å². The Bertz CT molecular complexity index is 42.1. The predicted octanol–water partition coefficient (Wildman–Crippen LogP) is 2.21. The zero-order chi connectivity index (χ0) is 5.91. The molecule has 0 unspecified atom stereocenters. The van der Waals surface area contributed by atoms with Crippen LogP contribution < -0.4 is 0 Å². The van der Waals surface area contributed by atoms with Gasteiger partial charge in [0.15, 0.2) is 0 Å². The highest BCUT2D eigenvalue weighted by Crippen LogP contribution is 2.17. The van der Waals surface area contributed by atoms with Crippen LogP contribution in [0, 0.1) is 11.8 Å². The van der Waals surface area contributed by atoms with Crippen molar-refractivity contribution in [1.82, 2.24) is 0 Å². The first-order valence-electron chi connectivity index (χ1n) is 2.49. The van der Waals surface area contributed by atoms with E-state index in [2.05, 4.69) is 0 Å². The number of hydrogen-bond donors (Lipinski definition) is 0. The molecule has 0 saturated carbocycles. The highest BCUT2D eigenvalue weighted by Gasteiger charge is 2.13. The molecule has 1 heteroatoms. The fourth-order valence-electron chi connectivity index (χ4n) is 0.0772. The van der Waals surface area contributed by atoms with E-state index < -0.39 is 0 Å². The molecule has 0 heterocycles. The molecule has 0 bridgehead atoms. The zero-order valence-electron chi connectivity index (χ0n) is 5.16. The zero-order valence-corrected chi connectivity index (χ0v) is 5.16. The Kier molecular flexibility index (Phi) is 2.27. The van der Waals surface area contributed by atoms with E-state index in [1.165, 1.54) is 0 Å². The molecule has 43 valence electrons. The minimum absolute atomic E-state index is 0.208. The van der Waals surface area contributed by atoms with Gasteiger partial charge < -0.3 is 0 Å². The highest BCUT2D eigenvalue weighted by molar-refractivity contribution is 4.79. The van der Waals surface area contributed by atoms with Crippen molar-refractivity contribution < 1.29 is 4.39 Å². The molecule has 0 aliphatic rings. The topological polar surface area (TPSA) is 0 Å². The van der Waals surface area contributed by atoms with E-state index >= 15 is 0 Å². The number of hydrogen-bond acceptors (Lipinski definition) is 0. The monoisotopic (exact) mass is 103 g/mol. The van der Waals surface area contributed by atoms with Crippen LogP contribution in [-0.2, 0) is 0 Å². The van der Waals surface area contributed by atoms with E-state index in [9.17, 15) is 4.39 Å². The first-order valence-corrected chi connectivity index (χ1v) is 2.49. The molecule has 7 heavy (non-hydrogen) atoms. The van der Waals surface area contributed by atoms with Crippen LogP contribution in [0.2, 0.25) is 0 Å². The Morgan fingerprint density at radius 2 is 2.00 bits per heavy atom. The highest BCUT2D eigenvalue weighted by atomic mass is 19.1. The van der Waals surface area contributed by atoms with Crippen molar-refractivity contribution in [2.75, 3.05) is 6.67 Å². The molecule has 0 aromatic carbocycles. The molecule has 0 aromatic rings. The van der Waals surface area contributed by atoms with E-state index in [0.29, 0.717) is 0 Å². The molecular weight excluding hydrogens is 91.1 g/mol. The van der Waals surface area contributed by atoms with Crippen LogP contribution in [0.15, 0.2) is 0 Å². The van der Waals surface area contributed by atoms with E-state index in [-0.39, 0.29) is 12.1 Å². The normalized spacial score (nSPS) is 12.0. The summed E-state index contributed by atoms with van der Waals surface area (Å²) in [4.78, 5) is 0. The molecule has 0 aliphatic heterocycles. The Labute approximate surface area is 44.7 Å². The van der Waals surface area contributed by atoms with Gasteiger partial charge in [0, 0.05) is 0 Å². The van der Waals surface area contributed by atoms with Crippen molar-refractivity contribution in [1.29, 1.82) is 0 Å². The first-order chi connectivity index (χ1) is 3.12. The quantitative estimate of drug-likeness (QED) is 0.502. The lowest BCUT2D eigenvalue weighted by molar-refractivity contribution is 0.301. The minimum Gasteiger partial charge on any atom is -0.251 e. The van der Waals surface area contributed by atoms with Crippen molar-refractivity contribution in [2.24, 2.45) is 5.41 Å². The fraction of sp³-hybridized carbons (Fsp3) is 0.833. The maximum absolute atomic E-state index is 11.7. The average Bonchev–Trinajstić information content (AvgIpc) is 1.68. The third-order valence-corrected chi connectivity index (χ3v) is 1.13. The van der Waals surface area contributed by atoms with Gasteiger partial charge in [0.2, 0.25) is 0 Å². The molecule has 1 radical (unpaired) electrons. The SMILES string of the molecule is C[CH]C(C)(C)CF. The third-order valence-electron chi connectivity index (χ3n) is 1.13. The lowest BCUT2D eigenvalue weighted by atomic mass is 9.93. The third kappa shape index (κ3) is 2.60. The maximum Gasteiger partial charge on any atom is 0.0947 e. The second-order valence-electron chi connectivity index (χ2n) is 2.41. The standard InChI is InChI=1S/C6H12F/c1-4-6(2,3)5-7/h4H,5H2,1-3H3. The molecule has 0 amide bonds. The van der Waals surface area contributed by atoms with Gasteiger partial charge in [-0.15, -0.1) is 0 Å². The van der Waals surface area contributed by atoms with Crippen LogP contribution in [0.3, 0.4) is 0 Å².